The van der Waals surface area contributed by atoms with E-state index in [9.17, 15) is 9.59 Å². The second kappa shape index (κ2) is 6.58. The third-order valence-electron chi connectivity index (χ3n) is 4.66. The molecule has 0 aliphatic carbocycles. The van der Waals surface area contributed by atoms with E-state index >= 15 is 0 Å². The number of aromatic nitrogens is 1. The number of anilines is 2. The quantitative estimate of drug-likeness (QED) is 0.922. The number of carbonyl (C=O) groups is 2. The predicted octanol–water partition coefficient (Wildman–Crippen LogP) is 2.29. The lowest BCUT2D eigenvalue weighted by Crippen LogP contribution is -2.44. The van der Waals surface area contributed by atoms with E-state index in [1.54, 1.807) is 30.3 Å². The standard InChI is InChI=1S/C18H22N4O3/c1-5-14-13(10-25-20-14)9-21(3)18(24)12-6-7-16-15(8-12)19-17(23)11(2)22(16)4/h6-8,10-11H,5,9H2,1-4H3,(H,19,23). The second-order valence-corrected chi connectivity index (χ2v) is 6.31. The molecule has 1 aromatic carbocycles. The van der Waals surface area contributed by atoms with Crippen molar-refractivity contribution in [2.24, 2.45) is 0 Å². The van der Waals surface area contributed by atoms with E-state index < -0.39 is 0 Å². The molecule has 0 fully saturated rings. The minimum atomic E-state index is -0.238. The van der Waals surface area contributed by atoms with E-state index in [1.807, 2.05) is 31.9 Å². The first kappa shape index (κ1) is 17.0. The Kier molecular flexibility index (Phi) is 4.48. The zero-order chi connectivity index (χ0) is 18.1. The molecule has 2 heterocycles. The van der Waals surface area contributed by atoms with Crippen LogP contribution in [0, 0.1) is 0 Å². The van der Waals surface area contributed by atoms with E-state index in [0.29, 0.717) is 17.8 Å². The SMILES string of the molecule is CCc1nocc1CN(C)C(=O)c1ccc2c(c1)NC(=O)C(C)N2C. The van der Waals surface area contributed by atoms with Crippen LogP contribution in [0.2, 0.25) is 0 Å². The van der Waals surface area contributed by atoms with Crippen molar-refractivity contribution >= 4 is 23.2 Å². The first-order valence-corrected chi connectivity index (χ1v) is 8.27. The number of aryl methyl sites for hydroxylation is 1. The van der Waals surface area contributed by atoms with Crippen LogP contribution in [0.1, 0.15) is 35.5 Å². The molecule has 3 rings (SSSR count). The molecule has 0 saturated carbocycles. The molecule has 25 heavy (non-hydrogen) atoms. The van der Waals surface area contributed by atoms with Crippen molar-refractivity contribution in [2.45, 2.75) is 32.9 Å². The molecule has 1 atom stereocenters. The molecule has 7 nitrogen and oxygen atoms in total. The Labute approximate surface area is 146 Å². The van der Waals surface area contributed by atoms with Gasteiger partial charge in [0.15, 0.2) is 0 Å². The number of hydrogen-bond donors (Lipinski definition) is 1. The molecule has 0 saturated heterocycles. The van der Waals surface area contributed by atoms with Gasteiger partial charge in [-0.25, -0.2) is 0 Å². The second-order valence-electron chi connectivity index (χ2n) is 6.31. The Hall–Kier alpha value is -2.83. The number of carbonyl (C=O) groups excluding carboxylic acids is 2. The molecule has 1 aliphatic heterocycles. The van der Waals surface area contributed by atoms with Gasteiger partial charge in [0.2, 0.25) is 5.91 Å². The van der Waals surface area contributed by atoms with E-state index in [1.165, 1.54) is 0 Å². The van der Waals surface area contributed by atoms with E-state index in [2.05, 4.69) is 10.5 Å². The molecule has 7 heteroatoms. The summed E-state index contributed by atoms with van der Waals surface area (Å²) >= 11 is 0. The van der Waals surface area contributed by atoms with Gasteiger partial charge in [0.05, 0.1) is 23.6 Å². The van der Waals surface area contributed by atoms with Crippen LogP contribution in [0.5, 0.6) is 0 Å². The molecular weight excluding hydrogens is 320 g/mol. The van der Waals surface area contributed by atoms with Crippen molar-refractivity contribution in [1.29, 1.82) is 0 Å². The molecule has 132 valence electrons. The van der Waals surface area contributed by atoms with Crippen LogP contribution in [0.3, 0.4) is 0 Å². The third-order valence-corrected chi connectivity index (χ3v) is 4.66. The smallest absolute Gasteiger partial charge is 0.253 e. The summed E-state index contributed by atoms with van der Waals surface area (Å²) in [6, 6.07) is 5.14. The van der Waals surface area contributed by atoms with Crippen LogP contribution in [0.15, 0.2) is 29.0 Å². The average Bonchev–Trinajstić information content (AvgIpc) is 3.05. The number of benzene rings is 1. The summed E-state index contributed by atoms with van der Waals surface area (Å²) in [5.41, 5.74) is 3.84. The van der Waals surface area contributed by atoms with E-state index in [4.69, 9.17) is 4.52 Å². The first-order valence-electron chi connectivity index (χ1n) is 8.27. The Morgan fingerprint density at radius 1 is 1.44 bits per heavy atom. The highest BCUT2D eigenvalue weighted by molar-refractivity contribution is 6.05. The number of hydrogen-bond acceptors (Lipinski definition) is 5. The number of amides is 2. The zero-order valence-electron chi connectivity index (χ0n) is 14.9. The van der Waals surface area contributed by atoms with Crippen LogP contribution in [0.25, 0.3) is 0 Å². The number of rotatable bonds is 4. The van der Waals surface area contributed by atoms with Crippen molar-refractivity contribution in [3.63, 3.8) is 0 Å². The summed E-state index contributed by atoms with van der Waals surface area (Å²) < 4.78 is 4.99. The van der Waals surface area contributed by atoms with Crippen molar-refractivity contribution in [3.05, 3.63) is 41.3 Å². The minimum absolute atomic E-state index is 0.0787. The van der Waals surface area contributed by atoms with Gasteiger partial charge >= 0.3 is 0 Å². The average molecular weight is 342 g/mol. The maximum atomic E-state index is 12.7. The molecule has 1 unspecified atom stereocenters. The highest BCUT2D eigenvalue weighted by atomic mass is 16.5. The van der Waals surface area contributed by atoms with Crippen molar-refractivity contribution < 1.29 is 14.1 Å². The first-order chi connectivity index (χ1) is 11.9. The number of likely N-dealkylation sites (N-methyl/N-ethyl adjacent to an activating group) is 1. The van der Waals surface area contributed by atoms with Gasteiger partial charge in [0, 0.05) is 25.2 Å². The van der Waals surface area contributed by atoms with Gasteiger partial charge in [0.1, 0.15) is 12.3 Å². The minimum Gasteiger partial charge on any atom is -0.364 e. The maximum absolute atomic E-state index is 12.7. The predicted molar refractivity (Wildman–Crippen MR) is 94.6 cm³/mol. The molecule has 1 aromatic heterocycles. The van der Waals surface area contributed by atoms with Gasteiger partial charge in [-0.15, -0.1) is 0 Å². The van der Waals surface area contributed by atoms with Crippen LogP contribution in [-0.2, 0) is 17.8 Å². The summed E-state index contributed by atoms with van der Waals surface area (Å²) in [4.78, 5) is 28.2. The largest absolute Gasteiger partial charge is 0.364 e. The maximum Gasteiger partial charge on any atom is 0.253 e. The lowest BCUT2D eigenvalue weighted by atomic mass is 10.1. The number of nitrogens with zero attached hydrogens (tertiary/aromatic N) is 3. The van der Waals surface area contributed by atoms with Gasteiger partial charge in [-0.3, -0.25) is 9.59 Å². The highest BCUT2D eigenvalue weighted by Gasteiger charge is 2.27. The van der Waals surface area contributed by atoms with Crippen LogP contribution in [-0.4, -0.2) is 42.0 Å². The summed E-state index contributed by atoms with van der Waals surface area (Å²) in [6.07, 6.45) is 2.33. The van der Waals surface area contributed by atoms with Crippen LogP contribution in [0.4, 0.5) is 11.4 Å². The van der Waals surface area contributed by atoms with Crippen LogP contribution < -0.4 is 10.2 Å². The third kappa shape index (κ3) is 3.09. The fourth-order valence-corrected chi connectivity index (χ4v) is 2.95. The fraction of sp³-hybridized carbons (Fsp3) is 0.389. The van der Waals surface area contributed by atoms with E-state index in [0.717, 1.165) is 23.4 Å². The van der Waals surface area contributed by atoms with Crippen LogP contribution >= 0.6 is 0 Å². The Bertz CT molecular complexity index is 814. The van der Waals surface area contributed by atoms with Gasteiger partial charge in [-0.1, -0.05) is 12.1 Å². The lowest BCUT2D eigenvalue weighted by Gasteiger charge is -2.33. The zero-order valence-corrected chi connectivity index (χ0v) is 14.9. The van der Waals surface area contributed by atoms with Gasteiger partial charge in [-0.05, 0) is 31.5 Å². The molecule has 2 amide bonds. The van der Waals surface area contributed by atoms with Gasteiger partial charge in [-0.2, -0.15) is 0 Å². The van der Waals surface area contributed by atoms with Crippen molar-refractivity contribution in [3.8, 4) is 0 Å². The number of fused-ring (bicyclic) bond motifs is 1. The summed E-state index contributed by atoms with van der Waals surface area (Å²) in [5, 5.41) is 6.80. The topological polar surface area (TPSA) is 78.7 Å². The summed E-state index contributed by atoms with van der Waals surface area (Å²) in [6.45, 7) is 4.26. The summed E-state index contributed by atoms with van der Waals surface area (Å²) in [7, 11) is 3.61. The fourth-order valence-electron chi connectivity index (χ4n) is 2.95. The molecule has 0 bridgehead atoms. The lowest BCUT2D eigenvalue weighted by molar-refractivity contribution is -0.117. The Morgan fingerprint density at radius 2 is 2.20 bits per heavy atom. The van der Waals surface area contributed by atoms with Gasteiger partial charge < -0.3 is 19.6 Å². The monoisotopic (exact) mass is 342 g/mol. The highest BCUT2D eigenvalue weighted by Crippen LogP contribution is 2.32. The molecule has 1 aliphatic rings. The molecule has 0 spiro atoms. The number of nitrogens with one attached hydrogen (secondary N) is 1. The van der Waals surface area contributed by atoms with Crippen molar-refractivity contribution in [2.75, 3.05) is 24.3 Å². The molecule has 2 aromatic rings. The van der Waals surface area contributed by atoms with E-state index in [-0.39, 0.29) is 17.9 Å². The molecule has 1 N–H and O–H groups in total. The molecule has 0 radical (unpaired) electrons. The Morgan fingerprint density at radius 3 is 2.92 bits per heavy atom. The summed E-state index contributed by atoms with van der Waals surface area (Å²) in [5.74, 6) is -0.202. The normalized spacial score (nSPS) is 16.4. The Balaban J connectivity index is 1.81. The molecular formula is C18H22N4O3. The van der Waals surface area contributed by atoms with Gasteiger partial charge in [0.25, 0.3) is 5.91 Å². The van der Waals surface area contributed by atoms with Crippen molar-refractivity contribution in [1.82, 2.24) is 10.1 Å².